The van der Waals surface area contributed by atoms with Gasteiger partial charge >= 0.3 is 5.76 Å². The lowest BCUT2D eigenvalue weighted by Crippen LogP contribution is -2.45. The summed E-state index contributed by atoms with van der Waals surface area (Å²) in [7, 11) is 1.55. The van der Waals surface area contributed by atoms with E-state index in [1.54, 1.807) is 7.05 Å². The largest absolute Gasteiger partial charge is 0.437 e. The number of anilines is 2. The van der Waals surface area contributed by atoms with Gasteiger partial charge in [-0.3, -0.25) is 19.6 Å². The van der Waals surface area contributed by atoms with Crippen molar-refractivity contribution in [3.8, 4) is 11.5 Å². The minimum atomic E-state index is -0.495. The molecule has 0 bridgehead atoms. The molecule has 13 nitrogen and oxygen atoms in total. The van der Waals surface area contributed by atoms with Gasteiger partial charge in [0.05, 0.1) is 25.3 Å². The summed E-state index contributed by atoms with van der Waals surface area (Å²) in [4.78, 5) is 46.3. The van der Waals surface area contributed by atoms with Crippen molar-refractivity contribution >= 4 is 39.8 Å². The van der Waals surface area contributed by atoms with Crippen molar-refractivity contribution in [2.24, 2.45) is 7.05 Å². The highest BCUT2D eigenvalue weighted by Gasteiger charge is 2.25. The fourth-order valence-electron chi connectivity index (χ4n) is 6.42. The lowest BCUT2D eigenvalue weighted by Gasteiger charge is -2.32. The number of H-pyrrole nitrogens is 1. The number of aromatic amines is 1. The standard InChI is InChI=1S/C33H38N8O5/c1-37-33(44)46-32(36-37)25-5-3-23(4-6-25)24-9-15-39(16-10-24)30(43)22-38-12-2-13-41(29(42)11-14-38)26-7-8-28-27(21-26)31(35-34-28)40-17-19-45-20-18-40/h3-9,21H,2,10-20,22H2,1H3,(H,34,35). The van der Waals surface area contributed by atoms with Crippen molar-refractivity contribution in [1.29, 1.82) is 0 Å². The summed E-state index contributed by atoms with van der Waals surface area (Å²) in [6, 6.07) is 13.8. The number of nitrogens with one attached hydrogen (secondary N) is 1. The van der Waals surface area contributed by atoms with Crippen LogP contribution in [0.1, 0.15) is 24.8 Å². The second-order valence-electron chi connectivity index (χ2n) is 12.0. The number of benzene rings is 2. The van der Waals surface area contributed by atoms with Crippen LogP contribution < -0.4 is 15.6 Å². The summed E-state index contributed by atoms with van der Waals surface area (Å²) in [5.74, 6) is 0.848. The normalized spacial score (nSPS) is 18.5. The fraction of sp³-hybridized carbons (Fsp3) is 0.424. The highest BCUT2D eigenvalue weighted by Crippen LogP contribution is 2.30. The number of aromatic nitrogens is 4. The van der Waals surface area contributed by atoms with Crippen molar-refractivity contribution < 1.29 is 18.7 Å². The van der Waals surface area contributed by atoms with Crippen LogP contribution in [0.2, 0.25) is 0 Å². The van der Waals surface area contributed by atoms with E-state index < -0.39 is 5.76 Å². The Labute approximate surface area is 266 Å². The molecule has 13 heteroatoms. The molecule has 2 aromatic carbocycles. The highest BCUT2D eigenvalue weighted by molar-refractivity contribution is 5.98. The van der Waals surface area contributed by atoms with E-state index in [-0.39, 0.29) is 11.8 Å². The second-order valence-corrected chi connectivity index (χ2v) is 12.0. The van der Waals surface area contributed by atoms with Gasteiger partial charge in [-0.05, 0) is 54.3 Å². The third-order valence-corrected chi connectivity index (χ3v) is 9.06. The van der Waals surface area contributed by atoms with Crippen LogP contribution in [-0.4, -0.2) is 107 Å². The molecule has 0 radical (unpaired) electrons. The van der Waals surface area contributed by atoms with Gasteiger partial charge in [0.2, 0.25) is 17.7 Å². The van der Waals surface area contributed by atoms with Gasteiger partial charge in [0.1, 0.15) is 0 Å². The number of ether oxygens (including phenoxy) is 1. The van der Waals surface area contributed by atoms with E-state index in [9.17, 15) is 14.4 Å². The summed E-state index contributed by atoms with van der Waals surface area (Å²) in [5, 5.41) is 12.8. The van der Waals surface area contributed by atoms with Crippen LogP contribution in [0.15, 0.2) is 57.8 Å². The predicted octanol–water partition coefficient (Wildman–Crippen LogP) is 2.50. The molecule has 4 aromatic rings. The Bertz CT molecular complexity index is 1820. The average molecular weight is 627 g/mol. The highest BCUT2D eigenvalue weighted by atomic mass is 16.5. The van der Waals surface area contributed by atoms with Crippen molar-refractivity contribution in [3.63, 3.8) is 0 Å². The van der Waals surface area contributed by atoms with E-state index in [1.807, 2.05) is 46.2 Å². The molecule has 46 heavy (non-hydrogen) atoms. The Morgan fingerprint density at radius 3 is 2.48 bits per heavy atom. The smallest absolute Gasteiger partial charge is 0.388 e. The van der Waals surface area contributed by atoms with Gasteiger partial charge in [-0.1, -0.05) is 18.2 Å². The number of nitrogens with zero attached hydrogens (tertiary/aromatic N) is 7. The average Bonchev–Trinajstić information content (AvgIpc) is 3.66. The lowest BCUT2D eigenvalue weighted by atomic mass is 9.98. The van der Waals surface area contributed by atoms with Gasteiger partial charge in [-0.25, -0.2) is 4.79 Å². The molecule has 240 valence electrons. The Hall–Kier alpha value is -4.75. The molecule has 5 heterocycles. The maximum Gasteiger partial charge on any atom is 0.437 e. The van der Waals surface area contributed by atoms with Crippen molar-refractivity contribution in [2.45, 2.75) is 19.3 Å². The van der Waals surface area contributed by atoms with Gasteiger partial charge in [-0.2, -0.15) is 9.78 Å². The minimum Gasteiger partial charge on any atom is -0.388 e. The Morgan fingerprint density at radius 2 is 1.74 bits per heavy atom. The monoisotopic (exact) mass is 626 g/mol. The number of aryl methyl sites for hydroxylation is 1. The third-order valence-electron chi connectivity index (χ3n) is 9.06. The minimum absolute atomic E-state index is 0.0645. The van der Waals surface area contributed by atoms with E-state index in [1.165, 1.54) is 10.3 Å². The Kier molecular flexibility index (Phi) is 8.41. The number of amides is 2. The quantitative estimate of drug-likeness (QED) is 0.343. The van der Waals surface area contributed by atoms with E-state index in [4.69, 9.17) is 9.15 Å². The van der Waals surface area contributed by atoms with Crippen LogP contribution in [0.4, 0.5) is 11.5 Å². The summed E-state index contributed by atoms with van der Waals surface area (Å²) < 4.78 is 11.8. The van der Waals surface area contributed by atoms with Crippen LogP contribution in [0, 0.1) is 0 Å². The number of hydrogen-bond donors (Lipinski definition) is 1. The van der Waals surface area contributed by atoms with Crippen molar-refractivity contribution in [2.75, 3.05) is 75.4 Å². The Balaban J connectivity index is 0.933. The molecule has 7 rings (SSSR count). The summed E-state index contributed by atoms with van der Waals surface area (Å²) in [5.41, 5.74) is 4.82. The first-order valence-corrected chi connectivity index (χ1v) is 15.9. The number of fused-ring (bicyclic) bond motifs is 1. The SMILES string of the molecule is Cn1nc(-c2ccc(C3=CCN(C(=O)CN4CCCN(c5ccc6[nH]nc(N7CCOCC7)c6c5)C(=O)CC4)CC3)cc2)oc1=O. The topological polar surface area (TPSA) is 133 Å². The third kappa shape index (κ3) is 6.20. The molecule has 2 aromatic heterocycles. The molecular formula is C33H38N8O5. The first-order valence-electron chi connectivity index (χ1n) is 15.9. The number of morpholine rings is 1. The van der Waals surface area contributed by atoms with Gasteiger partial charge in [0.15, 0.2) is 5.82 Å². The number of carbonyl (C=O) groups excluding carboxylic acids is 2. The molecule has 2 saturated heterocycles. The number of rotatable bonds is 6. The Morgan fingerprint density at radius 1 is 0.935 bits per heavy atom. The fourth-order valence-corrected chi connectivity index (χ4v) is 6.42. The molecule has 0 atom stereocenters. The van der Waals surface area contributed by atoms with Gasteiger partial charge < -0.3 is 23.9 Å². The van der Waals surface area contributed by atoms with Crippen LogP contribution >= 0.6 is 0 Å². The molecule has 0 spiro atoms. The molecule has 0 aliphatic carbocycles. The first kappa shape index (κ1) is 29.9. The maximum atomic E-state index is 13.4. The molecule has 1 N–H and O–H groups in total. The van der Waals surface area contributed by atoms with E-state index in [2.05, 4.69) is 37.2 Å². The van der Waals surface area contributed by atoms with E-state index in [0.29, 0.717) is 58.2 Å². The summed E-state index contributed by atoms with van der Waals surface area (Å²) >= 11 is 0. The van der Waals surface area contributed by atoms with E-state index in [0.717, 1.165) is 66.0 Å². The second kappa shape index (κ2) is 12.9. The number of carbonyl (C=O) groups is 2. The summed E-state index contributed by atoms with van der Waals surface area (Å²) in [6.07, 6.45) is 3.99. The van der Waals surface area contributed by atoms with Crippen molar-refractivity contribution in [3.05, 3.63) is 64.7 Å². The van der Waals surface area contributed by atoms with Crippen LogP contribution in [-0.2, 0) is 21.4 Å². The molecular weight excluding hydrogens is 588 g/mol. The van der Waals surface area contributed by atoms with Gasteiger partial charge in [-0.15, -0.1) is 5.10 Å². The van der Waals surface area contributed by atoms with Crippen molar-refractivity contribution in [1.82, 2.24) is 29.8 Å². The van der Waals surface area contributed by atoms with Gasteiger partial charge in [0.25, 0.3) is 0 Å². The van der Waals surface area contributed by atoms with Gasteiger partial charge in [0, 0.05) is 75.9 Å². The lowest BCUT2D eigenvalue weighted by molar-refractivity contribution is -0.132. The molecule has 3 aliphatic heterocycles. The molecule has 0 unspecified atom stereocenters. The van der Waals surface area contributed by atoms with Crippen LogP contribution in [0.5, 0.6) is 0 Å². The molecule has 0 saturated carbocycles. The molecule has 2 amide bonds. The molecule has 3 aliphatic rings. The maximum absolute atomic E-state index is 13.4. The zero-order valence-electron chi connectivity index (χ0n) is 26.0. The first-order chi connectivity index (χ1) is 22.4. The summed E-state index contributed by atoms with van der Waals surface area (Å²) in [6.45, 7) is 6.34. The van der Waals surface area contributed by atoms with E-state index >= 15 is 0 Å². The van der Waals surface area contributed by atoms with Crippen LogP contribution in [0.25, 0.3) is 27.9 Å². The zero-order valence-corrected chi connectivity index (χ0v) is 26.0. The number of hydrogen-bond acceptors (Lipinski definition) is 9. The molecule has 2 fully saturated rings. The predicted molar refractivity (Wildman–Crippen MR) is 174 cm³/mol. The van der Waals surface area contributed by atoms with Crippen LogP contribution in [0.3, 0.4) is 0 Å². The zero-order chi connectivity index (χ0) is 31.6.